The van der Waals surface area contributed by atoms with Gasteiger partial charge >= 0.3 is 5.97 Å². The number of ether oxygens (including phenoxy) is 3. The van der Waals surface area contributed by atoms with Crippen LogP contribution in [0, 0.1) is 11.8 Å². The summed E-state index contributed by atoms with van der Waals surface area (Å²) in [6.45, 7) is 4.56. The summed E-state index contributed by atoms with van der Waals surface area (Å²) in [6.07, 6.45) is 8.40. The highest BCUT2D eigenvalue weighted by Crippen LogP contribution is 2.58. The van der Waals surface area contributed by atoms with Crippen molar-refractivity contribution in [2.45, 2.75) is 62.3 Å². The maximum absolute atomic E-state index is 14.9. The number of cyclic esters (lactones) is 1. The summed E-state index contributed by atoms with van der Waals surface area (Å²) in [5, 5.41) is 12.4. The van der Waals surface area contributed by atoms with Gasteiger partial charge in [0.2, 0.25) is 17.7 Å². The maximum atomic E-state index is 14.9. The van der Waals surface area contributed by atoms with Crippen molar-refractivity contribution in [2.75, 3.05) is 65.7 Å². The highest BCUT2D eigenvalue weighted by atomic mass is 79.9. The number of carbonyl (C=O) groups excluding carboxylic acids is 4. The van der Waals surface area contributed by atoms with E-state index < -0.39 is 41.5 Å². The van der Waals surface area contributed by atoms with Crippen LogP contribution in [-0.4, -0.2) is 127 Å². The molecule has 2 N–H and O–H groups in total. The number of aliphatic hydroxyl groups excluding tert-OH is 1. The number of nitrogens with zero attached hydrogens (tertiary/aromatic N) is 3. The first kappa shape index (κ1) is 35.7. The van der Waals surface area contributed by atoms with Crippen LogP contribution >= 0.6 is 15.9 Å². The van der Waals surface area contributed by atoms with E-state index in [4.69, 9.17) is 14.2 Å². The molecule has 1 spiro atoms. The first-order valence-electron chi connectivity index (χ1n) is 17.6. The fourth-order valence-electron chi connectivity index (χ4n) is 7.78. The molecule has 5 aliphatic heterocycles. The lowest BCUT2D eigenvalue weighted by Crippen LogP contribution is -2.57. The van der Waals surface area contributed by atoms with Crippen LogP contribution in [0.4, 0.5) is 0 Å². The Bertz CT molecular complexity index is 1420. The van der Waals surface area contributed by atoms with E-state index in [9.17, 15) is 24.3 Å². The number of hydrogen-bond donors (Lipinski definition) is 2. The van der Waals surface area contributed by atoms with Crippen LogP contribution in [-0.2, 0) is 33.4 Å². The number of allylic oxidation sites excluding steroid dienone is 1. The molecule has 3 fully saturated rings. The Morgan fingerprint density at radius 3 is 2.49 bits per heavy atom. The highest BCUT2D eigenvalue weighted by molar-refractivity contribution is 9.11. The van der Waals surface area contributed by atoms with Crippen molar-refractivity contribution in [1.82, 2.24) is 20.0 Å². The summed E-state index contributed by atoms with van der Waals surface area (Å²) in [7, 11) is 0. The molecule has 3 amide bonds. The summed E-state index contributed by atoms with van der Waals surface area (Å²) in [4.78, 5) is 62.2. The predicted octanol–water partition coefficient (Wildman–Crippen LogP) is 2.32. The van der Waals surface area contributed by atoms with E-state index in [1.165, 1.54) is 0 Å². The average Bonchev–Trinajstić information content (AvgIpc) is 3.70. The van der Waals surface area contributed by atoms with E-state index in [2.05, 4.69) is 26.1 Å². The molecule has 6 atom stereocenters. The summed E-state index contributed by atoms with van der Waals surface area (Å²) < 4.78 is 18.5. The number of rotatable bonds is 10. The van der Waals surface area contributed by atoms with Gasteiger partial charge in [0.25, 0.3) is 0 Å². The zero-order chi connectivity index (χ0) is 34.4. The standard InChI is InChI=1S/C36H47BrN4O8/c37-26-23-36-30-29(31(26)49-36)33(44)38-27(25-11-5-3-6-12-25)24-48-28(43)13-7-4-8-14-40(17-16-39-18-21-47-22-19-39)35(46)32(36)41(34(30)45)15-9-1-2-10-20-42/h3-6,8,11-12,23,27,29-32,42H,1-2,7,9-10,13-22,24H2,(H,38,44)/b8-4-/t27-,29-,30+,31-,32-,36+/m0/s1. The van der Waals surface area contributed by atoms with Gasteiger partial charge in [-0.3, -0.25) is 24.1 Å². The quantitative estimate of drug-likeness (QED) is 0.210. The molecule has 0 radical (unpaired) electrons. The number of benzene rings is 1. The lowest BCUT2D eigenvalue weighted by Gasteiger charge is -2.37. The topological polar surface area (TPSA) is 138 Å². The van der Waals surface area contributed by atoms with Gasteiger partial charge in [0.15, 0.2) is 0 Å². The zero-order valence-electron chi connectivity index (χ0n) is 27.8. The summed E-state index contributed by atoms with van der Waals surface area (Å²) in [5.41, 5.74) is -0.560. The largest absolute Gasteiger partial charge is 0.463 e. The van der Waals surface area contributed by atoms with Crippen molar-refractivity contribution >= 4 is 39.6 Å². The van der Waals surface area contributed by atoms with E-state index >= 15 is 0 Å². The van der Waals surface area contributed by atoms with Gasteiger partial charge in [-0.25, -0.2) is 0 Å². The molecule has 1 aromatic rings. The average molecular weight is 744 g/mol. The molecule has 6 rings (SSSR count). The molecule has 49 heavy (non-hydrogen) atoms. The number of esters is 1. The van der Waals surface area contributed by atoms with Crippen molar-refractivity contribution in [3.63, 3.8) is 0 Å². The smallest absolute Gasteiger partial charge is 0.306 e. The van der Waals surface area contributed by atoms with E-state index in [1.807, 2.05) is 48.6 Å². The third kappa shape index (κ3) is 7.65. The van der Waals surface area contributed by atoms with Gasteiger partial charge in [-0.15, -0.1) is 0 Å². The molecular formula is C36H47BrN4O8. The lowest BCUT2D eigenvalue weighted by atomic mass is 9.74. The molecule has 5 heterocycles. The third-order valence-electron chi connectivity index (χ3n) is 10.3. The van der Waals surface area contributed by atoms with Gasteiger partial charge in [-0.05, 0) is 30.9 Å². The number of amides is 3. The summed E-state index contributed by atoms with van der Waals surface area (Å²) >= 11 is 3.64. The molecule has 3 saturated heterocycles. The Morgan fingerprint density at radius 1 is 0.939 bits per heavy atom. The maximum Gasteiger partial charge on any atom is 0.306 e. The number of halogens is 1. The lowest BCUT2D eigenvalue weighted by molar-refractivity contribution is -0.148. The van der Waals surface area contributed by atoms with Gasteiger partial charge in [0.1, 0.15) is 24.4 Å². The second kappa shape index (κ2) is 16.3. The molecule has 12 nitrogen and oxygen atoms in total. The molecule has 13 heteroatoms. The minimum absolute atomic E-state index is 0.0618. The number of aliphatic hydroxyl groups is 1. The number of unbranched alkanes of at least 4 members (excludes halogenated alkanes) is 3. The number of likely N-dealkylation sites (tertiary alicyclic amines) is 1. The third-order valence-corrected chi connectivity index (χ3v) is 11.0. The minimum atomic E-state index is -1.33. The molecule has 266 valence electrons. The van der Waals surface area contributed by atoms with E-state index in [0.29, 0.717) is 63.1 Å². The number of fused-ring (bicyclic) bond motifs is 2. The van der Waals surface area contributed by atoms with Crippen LogP contribution in [0.5, 0.6) is 0 Å². The number of carbonyl (C=O) groups is 4. The van der Waals surface area contributed by atoms with Crippen LogP contribution in [0.15, 0.2) is 53.0 Å². The van der Waals surface area contributed by atoms with E-state index in [-0.39, 0.29) is 37.4 Å². The van der Waals surface area contributed by atoms with Crippen molar-refractivity contribution in [1.29, 1.82) is 0 Å². The number of morpholine rings is 1. The van der Waals surface area contributed by atoms with Crippen molar-refractivity contribution in [2.24, 2.45) is 11.8 Å². The van der Waals surface area contributed by atoms with Gasteiger partial charge in [0, 0.05) is 56.8 Å². The van der Waals surface area contributed by atoms with Crippen molar-refractivity contribution in [3.8, 4) is 0 Å². The van der Waals surface area contributed by atoms with Gasteiger partial charge < -0.3 is 34.4 Å². The molecule has 5 aliphatic rings. The molecule has 0 saturated carbocycles. The number of hydrogen-bond acceptors (Lipinski definition) is 9. The first-order valence-corrected chi connectivity index (χ1v) is 18.4. The van der Waals surface area contributed by atoms with Crippen LogP contribution in [0.25, 0.3) is 0 Å². The molecule has 0 aromatic heterocycles. The Kier molecular flexibility index (Phi) is 11.9. The minimum Gasteiger partial charge on any atom is -0.463 e. The Hall–Kier alpha value is -3.10. The van der Waals surface area contributed by atoms with Crippen LogP contribution in [0.2, 0.25) is 0 Å². The van der Waals surface area contributed by atoms with Crippen LogP contribution < -0.4 is 5.32 Å². The van der Waals surface area contributed by atoms with Crippen LogP contribution in [0.1, 0.15) is 50.1 Å². The Morgan fingerprint density at radius 2 is 1.71 bits per heavy atom. The van der Waals surface area contributed by atoms with Gasteiger partial charge in [0.05, 0.1) is 31.1 Å². The Balaban J connectivity index is 1.35. The predicted molar refractivity (Wildman–Crippen MR) is 183 cm³/mol. The molecule has 0 aliphatic carbocycles. The Labute approximate surface area is 295 Å². The van der Waals surface area contributed by atoms with Gasteiger partial charge in [-0.2, -0.15) is 0 Å². The second-order valence-corrected chi connectivity index (χ2v) is 14.3. The highest BCUT2D eigenvalue weighted by Gasteiger charge is 2.74. The van der Waals surface area contributed by atoms with Crippen molar-refractivity contribution < 1.29 is 38.5 Å². The van der Waals surface area contributed by atoms with Gasteiger partial charge in [-0.1, -0.05) is 71.3 Å². The molecular weight excluding hydrogens is 696 g/mol. The zero-order valence-corrected chi connectivity index (χ0v) is 29.4. The monoisotopic (exact) mass is 742 g/mol. The fraction of sp³-hybridized carbons (Fsp3) is 0.611. The molecule has 5 bridgehead atoms. The van der Waals surface area contributed by atoms with Crippen LogP contribution in [0.3, 0.4) is 0 Å². The van der Waals surface area contributed by atoms with Crippen molar-refractivity contribution in [3.05, 3.63) is 58.6 Å². The van der Waals surface area contributed by atoms with E-state index in [0.717, 1.165) is 31.5 Å². The fourth-order valence-corrected chi connectivity index (χ4v) is 8.51. The summed E-state index contributed by atoms with van der Waals surface area (Å²) in [6, 6.07) is 7.69. The normalized spacial score (nSPS) is 31.8. The number of nitrogens with one attached hydrogen (secondary N) is 1. The molecule has 1 aromatic carbocycles. The van der Waals surface area contributed by atoms with E-state index in [1.54, 1.807) is 9.80 Å². The second-order valence-electron chi connectivity index (χ2n) is 13.4. The molecule has 0 unspecified atom stereocenters. The summed E-state index contributed by atoms with van der Waals surface area (Å²) in [5.74, 6) is -3.09. The first-order chi connectivity index (χ1) is 23.8. The SMILES string of the molecule is O=C1CC/C=C\CN(CCN2CCOCC2)C(=O)[C@@H]2N(CCCCCCO)C(=O)[C@H]3[C@H](C(=O)N[C@H](c4ccccc4)CO1)[C@H]1O[C@@]23C=C1Br.